The Bertz CT molecular complexity index is 588. The van der Waals surface area contributed by atoms with Gasteiger partial charge in [0.25, 0.3) is 0 Å². The molecule has 2 N–H and O–H groups in total. The molecule has 0 unspecified atom stereocenters. The second-order valence-electron chi connectivity index (χ2n) is 3.46. The van der Waals surface area contributed by atoms with E-state index in [1.807, 2.05) is 12.1 Å². The van der Waals surface area contributed by atoms with E-state index in [1.54, 1.807) is 11.4 Å². The molecule has 0 amide bonds. The number of halogens is 2. The number of carbonyl (C=O) groups is 1. The predicted octanol–water partition coefficient (Wildman–Crippen LogP) is 3.77. The van der Waals surface area contributed by atoms with Gasteiger partial charge < -0.3 is 10.4 Å². The van der Waals surface area contributed by atoms with Crippen LogP contribution in [-0.4, -0.2) is 16.1 Å². The van der Waals surface area contributed by atoms with Crippen molar-refractivity contribution >= 4 is 62.3 Å². The van der Waals surface area contributed by atoms with Crippen LogP contribution in [-0.2, 0) is 11.2 Å². The summed E-state index contributed by atoms with van der Waals surface area (Å²) in [5, 5.41) is 14.9. The quantitative estimate of drug-likeness (QED) is 0.775. The van der Waals surface area contributed by atoms with Crippen LogP contribution in [0.25, 0.3) is 0 Å². The monoisotopic (exact) mass is 394 g/mol. The molecule has 0 saturated carbocycles. The zero-order valence-corrected chi connectivity index (χ0v) is 12.7. The molecule has 0 spiro atoms. The molecule has 7 heteroatoms. The second kappa shape index (κ2) is 5.85. The predicted molar refractivity (Wildman–Crippen MR) is 80.9 cm³/mol. The van der Waals surface area contributed by atoms with E-state index in [-0.39, 0.29) is 6.42 Å². The summed E-state index contributed by atoms with van der Waals surface area (Å²) in [4.78, 5) is 14.8. The fourth-order valence-corrected chi connectivity index (χ4v) is 3.04. The lowest BCUT2D eigenvalue weighted by atomic mass is 10.3. The van der Waals surface area contributed by atoms with Crippen LogP contribution >= 0.6 is 45.5 Å². The van der Waals surface area contributed by atoms with Gasteiger partial charge in [-0.2, -0.15) is 0 Å². The van der Waals surface area contributed by atoms with Crippen molar-refractivity contribution in [3.05, 3.63) is 37.9 Å². The molecule has 0 bridgehead atoms. The number of benzene rings is 1. The number of hydrogen-bond acceptors (Lipinski definition) is 4. The summed E-state index contributed by atoms with van der Waals surface area (Å²) in [6.07, 6.45) is -0.0596. The first-order valence-electron chi connectivity index (χ1n) is 4.93. The maximum atomic E-state index is 10.6. The highest BCUT2D eigenvalue weighted by atomic mass is 127. The molecule has 4 nitrogen and oxygen atoms in total. The molecule has 2 rings (SSSR count). The Balaban J connectivity index is 2.13. The minimum absolute atomic E-state index is 0.0596. The van der Waals surface area contributed by atoms with Gasteiger partial charge in [0.1, 0.15) is 0 Å². The number of nitrogens with zero attached hydrogens (tertiary/aromatic N) is 1. The summed E-state index contributed by atoms with van der Waals surface area (Å²) < 4.78 is 0.982. The van der Waals surface area contributed by atoms with Crippen LogP contribution in [0.15, 0.2) is 23.6 Å². The number of thiazole rings is 1. The van der Waals surface area contributed by atoms with Crippen molar-refractivity contribution in [3.63, 3.8) is 0 Å². The van der Waals surface area contributed by atoms with Gasteiger partial charge in [0.2, 0.25) is 0 Å². The molecule has 1 aromatic heterocycles. The molecule has 0 atom stereocenters. The molecule has 1 aromatic carbocycles. The van der Waals surface area contributed by atoms with Crippen LogP contribution in [0, 0.1) is 3.57 Å². The molecule has 0 fully saturated rings. The van der Waals surface area contributed by atoms with Crippen molar-refractivity contribution in [2.24, 2.45) is 0 Å². The Labute approximate surface area is 126 Å². The van der Waals surface area contributed by atoms with E-state index < -0.39 is 5.97 Å². The van der Waals surface area contributed by atoms with E-state index in [1.165, 1.54) is 11.3 Å². The third kappa shape index (κ3) is 3.56. The highest BCUT2D eigenvalue weighted by Gasteiger charge is 2.07. The van der Waals surface area contributed by atoms with Gasteiger partial charge in [-0.15, -0.1) is 11.3 Å². The van der Waals surface area contributed by atoms with Crippen molar-refractivity contribution in [1.29, 1.82) is 0 Å². The van der Waals surface area contributed by atoms with Crippen LogP contribution in [0.4, 0.5) is 10.8 Å². The number of aromatic nitrogens is 1. The Hall–Kier alpha value is -0.860. The number of carboxylic acids is 1. The van der Waals surface area contributed by atoms with Gasteiger partial charge in [0, 0.05) is 14.0 Å². The number of anilines is 2. The standard InChI is InChI=1S/C11H8ClIN2O2S/c12-6-1-2-9(8(13)3-6)15-11-14-7(5-18-11)4-10(16)17/h1-3,5H,4H2,(H,14,15)(H,16,17). The number of hydrogen-bond donors (Lipinski definition) is 2. The molecule has 0 aliphatic heterocycles. The highest BCUT2D eigenvalue weighted by molar-refractivity contribution is 14.1. The number of nitrogens with one attached hydrogen (secondary N) is 1. The lowest BCUT2D eigenvalue weighted by Gasteiger charge is -2.05. The van der Waals surface area contributed by atoms with Gasteiger partial charge in [-0.05, 0) is 40.8 Å². The van der Waals surface area contributed by atoms with Gasteiger partial charge in [-0.25, -0.2) is 4.98 Å². The van der Waals surface area contributed by atoms with Crippen LogP contribution in [0.3, 0.4) is 0 Å². The Morgan fingerprint density at radius 3 is 3.00 bits per heavy atom. The molecule has 1 heterocycles. The summed E-state index contributed by atoms with van der Waals surface area (Å²) in [6, 6.07) is 5.50. The Kier molecular flexibility index (Phi) is 4.41. The van der Waals surface area contributed by atoms with Crippen molar-refractivity contribution in [2.75, 3.05) is 5.32 Å². The highest BCUT2D eigenvalue weighted by Crippen LogP contribution is 2.27. The fraction of sp³-hybridized carbons (Fsp3) is 0.0909. The van der Waals surface area contributed by atoms with Gasteiger partial charge in [-0.3, -0.25) is 4.79 Å². The van der Waals surface area contributed by atoms with E-state index >= 15 is 0 Å². The summed E-state index contributed by atoms with van der Waals surface area (Å²) in [5.41, 5.74) is 1.45. The third-order valence-corrected chi connectivity index (χ3v) is 3.99. The van der Waals surface area contributed by atoms with E-state index in [2.05, 4.69) is 32.9 Å². The van der Waals surface area contributed by atoms with Crippen molar-refractivity contribution < 1.29 is 9.90 Å². The average Bonchev–Trinajstić information content (AvgIpc) is 2.69. The van der Waals surface area contributed by atoms with Crippen molar-refractivity contribution in [1.82, 2.24) is 4.98 Å². The first-order chi connectivity index (χ1) is 8.54. The first kappa shape index (κ1) is 13.6. The molecule has 0 saturated heterocycles. The molecule has 0 radical (unpaired) electrons. The van der Waals surface area contributed by atoms with Gasteiger partial charge in [0.05, 0.1) is 17.8 Å². The summed E-state index contributed by atoms with van der Waals surface area (Å²) in [7, 11) is 0. The lowest BCUT2D eigenvalue weighted by Crippen LogP contribution is -2.00. The fourth-order valence-electron chi connectivity index (χ4n) is 1.31. The molecule has 18 heavy (non-hydrogen) atoms. The van der Waals surface area contributed by atoms with Crippen LogP contribution in [0.5, 0.6) is 0 Å². The maximum absolute atomic E-state index is 10.6. The summed E-state index contributed by atoms with van der Waals surface area (Å²) >= 11 is 9.42. The molecule has 2 aromatic rings. The van der Waals surface area contributed by atoms with Crippen molar-refractivity contribution in [2.45, 2.75) is 6.42 Å². The smallest absolute Gasteiger partial charge is 0.309 e. The van der Waals surface area contributed by atoms with E-state index in [0.29, 0.717) is 15.8 Å². The van der Waals surface area contributed by atoms with Crippen molar-refractivity contribution in [3.8, 4) is 0 Å². The first-order valence-corrected chi connectivity index (χ1v) is 7.26. The van der Waals surface area contributed by atoms with Gasteiger partial charge in [-0.1, -0.05) is 11.6 Å². The van der Waals surface area contributed by atoms with E-state index in [0.717, 1.165) is 9.26 Å². The van der Waals surface area contributed by atoms with Crippen LogP contribution < -0.4 is 5.32 Å². The second-order valence-corrected chi connectivity index (χ2v) is 5.92. The Morgan fingerprint density at radius 1 is 1.56 bits per heavy atom. The summed E-state index contributed by atoms with van der Waals surface area (Å²) in [6.45, 7) is 0. The van der Waals surface area contributed by atoms with E-state index in [9.17, 15) is 4.79 Å². The minimum atomic E-state index is -0.882. The zero-order valence-electron chi connectivity index (χ0n) is 8.98. The third-order valence-electron chi connectivity index (χ3n) is 2.06. The number of carboxylic acid groups (broad SMARTS) is 1. The topological polar surface area (TPSA) is 62.2 Å². The largest absolute Gasteiger partial charge is 0.481 e. The average molecular weight is 395 g/mol. The van der Waals surface area contributed by atoms with E-state index in [4.69, 9.17) is 16.7 Å². The van der Waals surface area contributed by atoms with Crippen LogP contribution in [0.1, 0.15) is 5.69 Å². The minimum Gasteiger partial charge on any atom is -0.481 e. The molecule has 0 aliphatic carbocycles. The van der Waals surface area contributed by atoms with Gasteiger partial charge >= 0.3 is 5.97 Å². The zero-order chi connectivity index (χ0) is 13.1. The van der Waals surface area contributed by atoms with Crippen LogP contribution in [0.2, 0.25) is 5.02 Å². The van der Waals surface area contributed by atoms with Gasteiger partial charge in [0.15, 0.2) is 5.13 Å². The molecular formula is C11H8ClIN2O2S. The molecular weight excluding hydrogens is 387 g/mol. The lowest BCUT2D eigenvalue weighted by molar-refractivity contribution is -0.136. The number of rotatable bonds is 4. The summed E-state index contributed by atoms with van der Waals surface area (Å²) in [5.74, 6) is -0.882. The number of aliphatic carboxylic acids is 1. The SMILES string of the molecule is O=C(O)Cc1csc(Nc2ccc(Cl)cc2I)n1. The molecule has 94 valence electrons. The Morgan fingerprint density at radius 2 is 2.33 bits per heavy atom. The maximum Gasteiger partial charge on any atom is 0.309 e. The molecule has 0 aliphatic rings. The normalized spacial score (nSPS) is 10.3.